The second-order valence-corrected chi connectivity index (χ2v) is 5.77. The van der Waals surface area contributed by atoms with Crippen molar-refractivity contribution in [2.24, 2.45) is 17.6 Å². The third-order valence-corrected chi connectivity index (χ3v) is 4.55. The Labute approximate surface area is 120 Å². The highest BCUT2D eigenvalue weighted by molar-refractivity contribution is 5.85. The molecule has 0 radical (unpaired) electrons. The monoisotopic (exact) mass is 280 g/mol. The molecular formula is C15H21ClN2O. The lowest BCUT2D eigenvalue weighted by molar-refractivity contribution is -0.125. The standard InChI is InChI=1S/C15H20N2O.ClH/c1-8(9(2)16)15(18)17-14-12-7-10-5-3-4-6-11(10)13(12)14;/h3-6,8-9,12-14H,7,16H2,1-2H3,(H,17,18);1H. The van der Waals surface area contributed by atoms with Crippen LogP contribution in [0.25, 0.3) is 0 Å². The number of halogens is 1. The number of rotatable bonds is 3. The van der Waals surface area contributed by atoms with Crippen LogP contribution in [0, 0.1) is 11.8 Å². The largest absolute Gasteiger partial charge is 0.352 e. The first-order valence-corrected chi connectivity index (χ1v) is 6.73. The van der Waals surface area contributed by atoms with Crippen molar-refractivity contribution >= 4 is 18.3 Å². The number of fused-ring (bicyclic) bond motifs is 3. The highest BCUT2D eigenvalue weighted by Crippen LogP contribution is 2.56. The summed E-state index contributed by atoms with van der Waals surface area (Å²) in [6.45, 7) is 3.78. The zero-order valence-electron chi connectivity index (χ0n) is 11.3. The summed E-state index contributed by atoms with van der Waals surface area (Å²) in [5.74, 6) is 1.15. The molecule has 0 bridgehead atoms. The van der Waals surface area contributed by atoms with E-state index in [9.17, 15) is 4.79 Å². The van der Waals surface area contributed by atoms with Gasteiger partial charge in [-0.3, -0.25) is 4.79 Å². The Balaban J connectivity index is 0.00000133. The molecule has 0 aliphatic heterocycles. The van der Waals surface area contributed by atoms with Crippen molar-refractivity contribution in [1.82, 2.24) is 5.32 Å². The van der Waals surface area contributed by atoms with Crippen LogP contribution in [0.4, 0.5) is 0 Å². The number of carbonyl (C=O) groups is 1. The molecular weight excluding hydrogens is 260 g/mol. The van der Waals surface area contributed by atoms with E-state index in [0.717, 1.165) is 6.42 Å². The summed E-state index contributed by atoms with van der Waals surface area (Å²) in [4.78, 5) is 12.0. The van der Waals surface area contributed by atoms with Gasteiger partial charge in [0, 0.05) is 23.9 Å². The Hall–Kier alpha value is -1.06. The molecule has 0 spiro atoms. The van der Waals surface area contributed by atoms with E-state index in [4.69, 9.17) is 5.73 Å². The van der Waals surface area contributed by atoms with Gasteiger partial charge in [-0.1, -0.05) is 31.2 Å². The first kappa shape index (κ1) is 14.4. The average molecular weight is 281 g/mol. The molecule has 5 atom stereocenters. The van der Waals surface area contributed by atoms with Crippen LogP contribution in [0.1, 0.15) is 30.9 Å². The minimum absolute atomic E-state index is 0. The molecule has 2 aliphatic carbocycles. The van der Waals surface area contributed by atoms with Crippen molar-refractivity contribution in [3.05, 3.63) is 35.4 Å². The van der Waals surface area contributed by atoms with Gasteiger partial charge in [-0.25, -0.2) is 0 Å². The van der Waals surface area contributed by atoms with Crippen molar-refractivity contribution in [2.45, 2.75) is 38.3 Å². The van der Waals surface area contributed by atoms with E-state index in [1.165, 1.54) is 11.1 Å². The molecule has 0 heterocycles. The first-order chi connectivity index (χ1) is 8.59. The van der Waals surface area contributed by atoms with Gasteiger partial charge >= 0.3 is 0 Å². The third kappa shape index (κ3) is 2.37. The number of nitrogens with one attached hydrogen (secondary N) is 1. The molecule has 0 aromatic heterocycles. The molecule has 19 heavy (non-hydrogen) atoms. The van der Waals surface area contributed by atoms with E-state index < -0.39 is 0 Å². The predicted molar refractivity (Wildman–Crippen MR) is 78.4 cm³/mol. The van der Waals surface area contributed by atoms with Crippen LogP contribution in [0.15, 0.2) is 24.3 Å². The van der Waals surface area contributed by atoms with Crippen molar-refractivity contribution in [1.29, 1.82) is 0 Å². The smallest absolute Gasteiger partial charge is 0.224 e. The third-order valence-electron chi connectivity index (χ3n) is 4.55. The molecule has 1 saturated carbocycles. The number of amides is 1. The summed E-state index contributed by atoms with van der Waals surface area (Å²) in [5, 5.41) is 3.16. The SMILES string of the molecule is CC(N)C(C)C(=O)NC1C2Cc3ccccc3C21.Cl. The van der Waals surface area contributed by atoms with E-state index in [0.29, 0.717) is 17.9 Å². The first-order valence-electron chi connectivity index (χ1n) is 6.73. The van der Waals surface area contributed by atoms with Crippen LogP contribution in [0.5, 0.6) is 0 Å². The molecule has 3 nitrogen and oxygen atoms in total. The molecule has 5 unspecified atom stereocenters. The molecule has 2 aliphatic rings. The van der Waals surface area contributed by atoms with Gasteiger partial charge in [-0.2, -0.15) is 0 Å². The zero-order chi connectivity index (χ0) is 12.9. The Morgan fingerprint density at radius 2 is 2.05 bits per heavy atom. The zero-order valence-corrected chi connectivity index (χ0v) is 12.1. The van der Waals surface area contributed by atoms with E-state index in [2.05, 4.69) is 29.6 Å². The van der Waals surface area contributed by atoms with Crippen molar-refractivity contribution in [3.63, 3.8) is 0 Å². The highest BCUT2D eigenvalue weighted by atomic mass is 35.5. The van der Waals surface area contributed by atoms with Gasteiger partial charge in [-0.15, -0.1) is 12.4 Å². The molecule has 1 aromatic rings. The Bertz CT molecular complexity index is 489. The Morgan fingerprint density at radius 3 is 2.74 bits per heavy atom. The lowest BCUT2D eigenvalue weighted by Crippen LogP contribution is -2.40. The molecule has 1 aromatic carbocycles. The van der Waals surface area contributed by atoms with E-state index >= 15 is 0 Å². The minimum atomic E-state index is -0.110. The summed E-state index contributed by atoms with van der Waals surface area (Å²) in [6.07, 6.45) is 1.11. The second-order valence-electron chi connectivity index (χ2n) is 5.77. The van der Waals surface area contributed by atoms with Gasteiger partial charge in [0.2, 0.25) is 5.91 Å². The summed E-state index contributed by atoms with van der Waals surface area (Å²) < 4.78 is 0. The lowest BCUT2D eigenvalue weighted by atomic mass is 10.0. The molecule has 3 N–H and O–H groups in total. The quantitative estimate of drug-likeness (QED) is 0.888. The van der Waals surface area contributed by atoms with Crippen molar-refractivity contribution in [2.75, 3.05) is 0 Å². The summed E-state index contributed by atoms with van der Waals surface area (Å²) in [7, 11) is 0. The van der Waals surface area contributed by atoms with Crippen LogP contribution in [-0.4, -0.2) is 18.0 Å². The van der Waals surface area contributed by atoms with Crippen LogP contribution < -0.4 is 11.1 Å². The molecule has 3 rings (SSSR count). The summed E-state index contributed by atoms with van der Waals surface area (Å²) >= 11 is 0. The van der Waals surface area contributed by atoms with Crippen LogP contribution in [0.2, 0.25) is 0 Å². The van der Waals surface area contributed by atoms with Crippen LogP contribution >= 0.6 is 12.4 Å². The van der Waals surface area contributed by atoms with Crippen molar-refractivity contribution < 1.29 is 4.79 Å². The molecule has 4 heteroatoms. The maximum atomic E-state index is 12.0. The van der Waals surface area contributed by atoms with Gasteiger partial charge in [0.05, 0.1) is 0 Å². The fourth-order valence-corrected chi connectivity index (χ4v) is 3.08. The number of carbonyl (C=O) groups excluding carboxylic acids is 1. The van der Waals surface area contributed by atoms with Gasteiger partial charge in [-0.05, 0) is 30.4 Å². The van der Waals surface area contributed by atoms with Crippen LogP contribution in [0.3, 0.4) is 0 Å². The minimum Gasteiger partial charge on any atom is -0.352 e. The summed E-state index contributed by atoms with van der Waals surface area (Å²) in [5.41, 5.74) is 8.65. The Kier molecular flexibility index (Phi) is 3.88. The van der Waals surface area contributed by atoms with Crippen LogP contribution in [-0.2, 0) is 11.2 Å². The second kappa shape index (κ2) is 5.14. The summed E-state index contributed by atoms with van der Waals surface area (Å²) in [6, 6.07) is 8.83. The topological polar surface area (TPSA) is 55.1 Å². The highest BCUT2D eigenvalue weighted by Gasteiger charge is 2.56. The fraction of sp³-hybridized carbons (Fsp3) is 0.533. The van der Waals surface area contributed by atoms with E-state index in [1.54, 1.807) is 0 Å². The lowest BCUT2D eigenvalue weighted by Gasteiger charge is -2.16. The van der Waals surface area contributed by atoms with E-state index in [-0.39, 0.29) is 30.3 Å². The normalized spacial score (nSPS) is 29.5. The number of benzene rings is 1. The molecule has 1 fully saturated rings. The molecule has 0 saturated heterocycles. The van der Waals surface area contributed by atoms with Gasteiger partial charge in [0.25, 0.3) is 0 Å². The fourth-order valence-electron chi connectivity index (χ4n) is 3.08. The number of nitrogens with two attached hydrogens (primary N) is 1. The predicted octanol–water partition coefficient (Wildman–Crippen LogP) is 1.85. The van der Waals surface area contributed by atoms with Crippen molar-refractivity contribution in [3.8, 4) is 0 Å². The molecule has 104 valence electrons. The molecule has 1 amide bonds. The maximum absolute atomic E-state index is 12.0. The average Bonchev–Trinajstić information content (AvgIpc) is 2.86. The maximum Gasteiger partial charge on any atom is 0.224 e. The van der Waals surface area contributed by atoms with Gasteiger partial charge in [0.15, 0.2) is 0 Å². The van der Waals surface area contributed by atoms with Gasteiger partial charge in [0.1, 0.15) is 0 Å². The van der Waals surface area contributed by atoms with Gasteiger partial charge < -0.3 is 11.1 Å². The number of hydrogen-bond donors (Lipinski definition) is 2. The Morgan fingerprint density at radius 1 is 1.37 bits per heavy atom. The van der Waals surface area contributed by atoms with E-state index in [1.807, 2.05) is 13.8 Å². The number of hydrogen-bond acceptors (Lipinski definition) is 2.